The smallest absolute Gasteiger partial charge is 0.410 e. The molecular formula is C19H26FN3O3. The summed E-state index contributed by atoms with van der Waals surface area (Å²) < 4.78 is 18.1. The van der Waals surface area contributed by atoms with Crippen molar-refractivity contribution in [3.8, 4) is 0 Å². The summed E-state index contributed by atoms with van der Waals surface area (Å²) in [5, 5.41) is 0. The van der Waals surface area contributed by atoms with Crippen LogP contribution in [0.15, 0.2) is 24.3 Å². The Bertz CT molecular complexity index is 647. The number of rotatable bonds is 3. The first-order chi connectivity index (χ1) is 12.6. The third-order valence-electron chi connectivity index (χ3n) is 5.18. The van der Waals surface area contributed by atoms with Crippen molar-refractivity contribution in [1.29, 1.82) is 0 Å². The molecule has 1 unspecified atom stereocenters. The van der Waals surface area contributed by atoms with Gasteiger partial charge in [0.15, 0.2) is 0 Å². The number of carbonyl (C=O) groups is 2. The van der Waals surface area contributed by atoms with Crippen molar-refractivity contribution in [2.45, 2.75) is 31.8 Å². The van der Waals surface area contributed by atoms with Crippen LogP contribution in [0.3, 0.4) is 0 Å². The molecule has 0 radical (unpaired) electrons. The third-order valence-corrected chi connectivity index (χ3v) is 5.18. The molecule has 0 aromatic heterocycles. The quantitative estimate of drug-likeness (QED) is 0.825. The van der Waals surface area contributed by atoms with Gasteiger partial charge < -0.3 is 9.64 Å². The first kappa shape index (κ1) is 18.6. The van der Waals surface area contributed by atoms with E-state index in [0.717, 1.165) is 31.5 Å². The molecule has 0 bridgehead atoms. The maximum absolute atomic E-state index is 13.3. The second-order valence-electron chi connectivity index (χ2n) is 6.91. The summed E-state index contributed by atoms with van der Waals surface area (Å²) in [4.78, 5) is 30.5. The molecule has 0 aliphatic carbocycles. The third kappa shape index (κ3) is 4.33. The van der Waals surface area contributed by atoms with Crippen LogP contribution in [0.25, 0.3) is 0 Å². The zero-order chi connectivity index (χ0) is 18.5. The Labute approximate surface area is 153 Å². The summed E-state index contributed by atoms with van der Waals surface area (Å²) in [5.41, 5.74) is 0.939. The van der Waals surface area contributed by atoms with E-state index in [4.69, 9.17) is 4.74 Å². The van der Waals surface area contributed by atoms with Crippen molar-refractivity contribution in [2.75, 3.05) is 39.8 Å². The van der Waals surface area contributed by atoms with Crippen LogP contribution >= 0.6 is 0 Å². The average molecular weight is 363 g/mol. The zero-order valence-electron chi connectivity index (χ0n) is 15.2. The minimum Gasteiger partial charge on any atom is -0.453 e. The van der Waals surface area contributed by atoms with Crippen LogP contribution in [0, 0.1) is 5.82 Å². The lowest BCUT2D eigenvalue weighted by molar-refractivity contribution is -0.139. The number of nitrogens with zero attached hydrogens (tertiary/aromatic N) is 3. The van der Waals surface area contributed by atoms with Gasteiger partial charge in [-0.2, -0.15) is 0 Å². The molecule has 0 saturated carbocycles. The molecule has 2 saturated heterocycles. The van der Waals surface area contributed by atoms with Crippen LogP contribution < -0.4 is 0 Å². The SMILES string of the molecule is COC(=O)N1CCCCC1C(=O)N1CCN(Cc2cccc(F)c2)CC1. The highest BCUT2D eigenvalue weighted by atomic mass is 19.1. The number of methoxy groups -OCH3 is 1. The molecule has 1 atom stereocenters. The molecule has 3 rings (SSSR count). The molecule has 6 nitrogen and oxygen atoms in total. The van der Waals surface area contributed by atoms with E-state index >= 15 is 0 Å². The van der Waals surface area contributed by atoms with Crippen LogP contribution in [0.5, 0.6) is 0 Å². The van der Waals surface area contributed by atoms with Gasteiger partial charge in [0.1, 0.15) is 11.9 Å². The minimum atomic E-state index is -0.423. The number of piperazine rings is 1. The van der Waals surface area contributed by atoms with E-state index in [2.05, 4.69) is 4.90 Å². The molecule has 142 valence electrons. The number of carbonyl (C=O) groups excluding carboxylic acids is 2. The van der Waals surface area contributed by atoms with Gasteiger partial charge in [0.25, 0.3) is 0 Å². The Hall–Kier alpha value is -2.15. The van der Waals surface area contributed by atoms with Gasteiger partial charge in [-0.1, -0.05) is 12.1 Å². The van der Waals surface area contributed by atoms with Crippen molar-refractivity contribution < 1.29 is 18.7 Å². The lowest BCUT2D eigenvalue weighted by Crippen LogP contribution is -2.57. The largest absolute Gasteiger partial charge is 0.453 e. The number of hydrogen-bond donors (Lipinski definition) is 0. The molecule has 2 fully saturated rings. The molecule has 0 N–H and O–H groups in total. The van der Waals surface area contributed by atoms with Gasteiger partial charge >= 0.3 is 6.09 Å². The minimum absolute atomic E-state index is 0.0144. The van der Waals surface area contributed by atoms with Crippen molar-refractivity contribution in [3.05, 3.63) is 35.6 Å². The lowest BCUT2D eigenvalue weighted by Gasteiger charge is -2.40. The topological polar surface area (TPSA) is 53.1 Å². The Morgan fingerprint density at radius 1 is 1.15 bits per heavy atom. The molecule has 1 aromatic rings. The van der Waals surface area contributed by atoms with E-state index in [0.29, 0.717) is 32.6 Å². The predicted molar refractivity (Wildman–Crippen MR) is 95.0 cm³/mol. The van der Waals surface area contributed by atoms with Gasteiger partial charge in [0, 0.05) is 39.3 Å². The number of benzene rings is 1. The molecular weight excluding hydrogens is 337 g/mol. The van der Waals surface area contributed by atoms with E-state index in [1.165, 1.54) is 13.2 Å². The van der Waals surface area contributed by atoms with Crippen molar-refractivity contribution in [1.82, 2.24) is 14.7 Å². The zero-order valence-corrected chi connectivity index (χ0v) is 15.2. The lowest BCUT2D eigenvalue weighted by atomic mass is 10.0. The standard InChI is InChI=1S/C19H26FN3O3/c1-26-19(25)23-8-3-2-7-17(23)18(24)22-11-9-21(10-12-22)14-15-5-4-6-16(20)13-15/h4-6,13,17H,2-3,7-12,14H2,1H3. The van der Waals surface area contributed by atoms with Crippen molar-refractivity contribution in [2.24, 2.45) is 0 Å². The van der Waals surface area contributed by atoms with Gasteiger partial charge in [-0.3, -0.25) is 14.6 Å². The van der Waals surface area contributed by atoms with E-state index < -0.39 is 12.1 Å². The number of likely N-dealkylation sites (tertiary alicyclic amines) is 1. The van der Waals surface area contributed by atoms with Crippen LogP contribution in [0.4, 0.5) is 9.18 Å². The second kappa shape index (κ2) is 8.49. The summed E-state index contributed by atoms with van der Waals surface area (Å²) >= 11 is 0. The Balaban J connectivity index is 1.55. The van der Waals surface area contributed by atoms with Crippen LogP contribution in [-0.4, -0.2) is 72.6 Å². The molecule has 2 heterocycles. The number of halogens is 1. The molecule has 26 heavy (non-hydrogen) atoms. The Kier molecular flexibility index (Phi) is 6.08. The van der Waals surface area contributed by atoms with Crippen LogP contribution in [0.2, 0.25) is 0 Å². The number of piperidine rings is 1. The fourth-order valence-electron chi connectivity index (χ4n) is 3.75. The monoisotopic (exact) mass is 363 g/mol. The van der Waals surface area contributed by atoms with Gasteiger partial charge in [0.05, 0.1) is 7.11 Å². The van der Waals surface area contributed by atoms with E-state index in [1.807, 2.05) is 11.0 Å². The van der Waals surface area contributed by atoms with E-state index in [-0.39, 0.29) is 11.7 Å². The van der Waals surface area contributed by atoms with Gasteiger partial charge in [-0.05, 0) is 37.0 Å². The number of hydrogen-bond acceptors (Lipinski definition) is 4. The number of ether oxygens (including phenoxy) is 1. The van der Waals surface area contributed by atoms with Crippen LogP contribution in [0.1, 0.15) is 24.8 Å². The maximum atomic E-state index is 13.3. The first-order valence-electron chi connectivity index (χ1n) is 9.18. The van der Waals surface area contributed by atoms with Gasteiger partial charge in [-0.15, -0.1) is 0 Å². The number of amides is 2. The van der Waals surface area contributed by atoms with Gasteiger partial charge in [0.2, 0.25) is 5.91 Å². The van der Waals surface area contributed by atoms with Crippen molar-refractivity contribution in [3.63, 3.8) is 0 Å². The Morgan fingerprint density at radius 2 is 1.92 bits per heavy atom. The molecule has 2 aliphatic rings. The van der Waals surface area contributed by atoms with Crippen LogP contribution in [-0.2, 0) is 16.1 Å². The molecule has 1 aromatic carbocycles. The normalized spacial score (nSPS) is 21.5. The van der Waals surface area contributed by atoms with E-state index in [9.17, 15) is 14.0 Å². The molecule has 0 spiro atoms. The predicted octanol–water partition coefficient (Wildman–Crippen LogP) is 2.09. The van der Waals surface area contributed by atoms with Gasteiger partial charge in [-0.25, -0.2) is 9.18 Å². The summed E-state index contributed by atoms with van der Waals surface area (Å²) in [6.45, 7) is 3.99. The fraction of sp³-hybridized carbons (Fsp3) is 0.579. The highest BCUT2D eigenvalue weighted by Gasteiger charge is 2.36. The summed E-state index contributed by atoms with van der Waals surface area (Å²) in [5.74, 6) is -0.211. The Morgan fingerprint density at radius 3 is 2.62 bits per heavy atom. The fourth-order valence-corrected chi connectivity index (χ4v) is 3.75. The average Bonchev–Trinajstić information content (AvgIpc) is 2.67. The molecule has 7 heteroatoms. The first-order valence-corrected chi connectivity index (χ1v) is 9.18. The summed E-state index contributed by atoms with van der Waals surface area (Å²) in [7, 11) is 1.35. The highest BCUT2D eigenvalue weighted by Crippen LogP contribution is 2.21. The molecule has 2 amide bonds. The van der Waals surface area contributed by atoms with Crippen molar-refractivity contribution >= 4 is 12.0 Å². The summed E-state index contributed by atoms with van der Waals surface area (Å²) in [6, 6.07) is 6.21. The highest BCUT2D eigenvalue weighted by molar-refractivity contribution is 5.86. The summed E-state index contributed by atoms with van der Waals surface area (Å²) in [6.07, 6.45) is 2.12. The van der Waals surface area contributed by atoms with E-state index in [1.54, 1.807) is 17.0 Å². The molecule has 2 aliphatic heterocycles. The second-order valence-corrected chi connectivity index (χ2v) is 6.91. The maximum Gasteiger partial charge on any atom is 0.410 e.